The average molecular weight is 219 g/mol. The van der Waals surface area contributed by atoms with E-state index in [0.29, 0.717) is 5.69 Å². The summed E-state index contributed by atoms with van der Waals surface area (Å²) >= 11 is 0. The molecule has 0 aliphatic carbocycles. The van der Waals surface area contributed by atoms with Crippen LogP contribution in [-0.4, -0.2) is 26.2 Å². The minimum absolute atomic E-state index is 0.219. The molecule has 1 aromatic carbocycles. The molecule has 0 radical (unpaired) electrons. The van der Waals surface area contributed by atoms with Crippen LogP contribution in [0.3, 0.4) is 0 Å². The molecule has 3 nitrogen and oxygen atoms in total. The van der Waals surface area contributed by atoms with Crippen LogP contribution < -0.4 is 10.2 Å². The molecule has 1 aliphatic rings. The summed E-state index contributed by atoms with van der Waals surface area (Å²) in [6, 6.07) is 5.08. The molecule has 0 bridgehead atoms. The molecule has 1 fully saturated rings. The van der Waals surface area contributed by atoms with Gasteiger partial charge in [-0.3, -0.25) is 0 Å². The Labute approximate surface area is 94.7 Å². The Balaban J connectivity index is 2.18. The summed E-state index contributed by atoms with van der Waals surface area (Å²) in [4.78, 5) is 5.28. The molecular weight excluding hydrogens is 205 g/mol. The first-order chi connectivity index (χ1) is 7.81. The molecule has 0 amide bonds. The van der Waals surface area contributed by atoms with Crippen LogP contribution >= 0.6 is 0 Å². The van der Waals surface area contributed by atoms with E-state index in [1.165, 1.54) is 6.07 Å². The zero-order chi connectivity index (χ0) is 11.4. The van der Waals surface area contributed by atoms with Crippen molar-refractivity contribution in [2.45, 2.75) is 6.54 Å². The summed E-state index contributed by atoms with van der Waals surface area (Å²) in [5.74, 6) is -0.219. The van der Waals surface area contributed by atoms with Gasteiger partial charge in [0.25, 0.3) is 0 Å². The Hall–Kier alpha value is -1.60. The van der Waals surface area contributed by atoms with Gasteiger partial charge in [0.15, 0.2) is 0 Å². The maximum Gasteiger partial charge on any atom is 0.239 e. The highest BCUT2D eigenvalue weighted by Gasteiger charge is 2.14. The zero-order valence-corrected chi connectivity index (χ0v) is 9.04. The number of benzene rings is 1. The fourth-order valence-corrected chi connectivity index (χ4v) is 1.90. The lowest BCUT2D eigenvalue weighted by Crippen LogP contribution is -2.43. The lowest BCUT2D eigenvalue weighted by molar-refractivity contribution is 0.566. The van der Waals surface area contributed by atoms with Gasteiger partial charge in [-0.1, -0.05) is 0 Å². The van der Waals surface area contributed by atoms with E-state index < -0.39 is 0 Å². The normalized spacial score (nSPS) is 15.9. The maximum atomic E-state index is 13.8. The van der Waals surface area contributed by atoms with E-state index in [1.54, 1.807) is 6.07 Å². The average Bonchev–Trinajstić information content (AvgIpc) is 2.31. The molecule has 1 aromatic rings. The number of anilines is 1. The molecule has 0 saturated carbocycles. The highest BCUT2D eigenvalue weighted by Crippen LogP contribution is 2.21. The van der Waals surface area contributed by atoms with Gasteiger partial charge in [-0.25, -0.2) is 11.0 Å². The second kappa shape index (κ2) is 4.95. The number of halogens is 1. The number of piperazine rings is 1. The van der Waals surface area contributed by atoms with Crippen molar-refractivity contribution in [3.63, 3.8) is 0 Å². The second-order valence-corrected chi connectivity index (χ2v) is 3.84. The largest absolute Gasteiger partial charge is 0.367 e. The van der Waals surface area contributed by atoms with Gasteiger partial charge >= 0.3 is 0 Å². The number of hydrogen-bond acceptors (Lipinski definition) is 2. The highest BCUT2D eigenvalue weighted by molar-refractivity contribution is 5.49. The molecule has 1 heterocycles. The fraction of sp³-hybridized carbons (Fsp3) is 0.417. The number of nitrogens with one attached hydrogen (secondary N) is 1. The van der Waals surface area contributed by atoms with Crippen LogP contribution in [0.4, 0.5) is 10.1 Å². The molecule has 0 aromatic heterocycles. The van der Waals surface area contributed by atoms with Crippen molar-refractivity contribution in [3.8, 4) is 0 Å². The topological polar surface area (TPSA) is 19.6 Å². The van der Waals surface area contributed by atoms with E-state index >= 15 is 0 Å². The Bertz CT molecular complexity index is 405. The summed E-state index contributed by atoms with van der Waals surface area (Å²) in [6.45, 7) is 10.4. The maximum absolute atomic E-state index is 13.8. The Morgan fingerprint density at radius 2 is 2.12 bits per heavy atom. The molecule has 1 saturated heterocycles. The zero-order valence-electron chi connectivity index (χ0n) is 9.04. The molecule has 0 atom stereocenters. The van der Waals surface area contributed by atoms with Crippen LogP contribution in [0.15, 0.2) is 18.2 Å². The van der Waals surface area contributed by atoms with E-state index in [4.69, 9.17) is 6.57 Å². The Morgan fingerprint density at radius 1 is 1.38 bits per heavy atom. The fourth-order valence-electron chi connectivity index (χ4n) is 1.90. The van der Waals surface area contributed by atoms with Crippen LogP contribution in [-0.2, 0) is 6.54 Å². The monoisotopic (exact) mass is 219 g/mol. The summed E-state index contributed by atoms with van der Waals surface area (Å²) in [5.41, 5.74) is 1.39. The van der Waals surface area contributed by atoms with Crippen LogP contribution in [0, 0.1) is 12.4 Å². The third-order valence-corrected chi connectivity index (χ3v) is 2.73. The molecule has 16 heavy (non-hydrogen) atoms. The molecule has 2 rings (SSSR count). The van der Waals surface area contributed by atoms with E-state index in [1.807, 2.05) is 11.0 Å². The van der Waals surface area contributed by atoms with Crippen LogP contribution in [0.25, 0.3) is 4.85 Å². The molecule has 0 unspecified atom stereocenters. The van der Waals surface area contributed by atoms with Crippen molar-refractivity contribution < 1.29 is 4.39 Å². The van der Waals surface area contributed by atoms with E-state index in [-0.39, 0.29) is 12.4 Å². The van der Waals surface area contributed by atoms with Gasteiger partial charge in [-0.15, -0.1) is 0 Å². The smallest absolute Gasteiger partial charge is 0.239 e. The molecule has 1 aliphatic heterocycles. The first-order valence-electron chi connectivity index (χ1n) is 5.38. The van der Waals surface area contributed by atoms with Crippen molar-refractivity contribution in [1.82, 2.24) is 5.32 Å². The van der Waals surface area contributed by atoms with Crippen molar-refractivity contribution in [2.24, 2.45) is 0 Å². The lowest BCUT2D eigenvalue weighted by atomic mass is 10.1. The van der Waals surface area contributed by atoms with Crippen LogP contribution in [0.2, 0.25) is 0 Å². The molecule has 0 spiro atoms. The van der Waals surface area contributed by atoms with Crippen molar-refractivity contribution in [3.05, 3.63) is 41.0 Å². The van der Waals surface area contributed by atoms with Crippen LogP contribution in [0.5, 0.6) is 0 Å². The van der Waals surface area contributed by atoms with Gasteiger partial charge in [-0.2, -0.15) is 0 Å². The summed E-state index contributed by atoms with van der Waals surface area (Å²) in [6.07, 6.45) is 0. The molecule has 1 N–H and O–H groups in total. The third kappa shape index (κ3) is 2.31. The number of rotatable bonds is 2. The summed E-state index contributed by atoms with van der Waals surface area (Å²) < 4.78 is 13.8. The first-order valence-corrected chi connectivity index (χ1v) is 5.38. The lowest BCUT2D eigenvalue weighted by Gasteiger charge is -2.29. The Kier molecular flexibility index (Phi) is 3.37. The summed E-state index contributed by atoms with van der Waals surface area (Å²) in [7, 11) is 0. The third-order valence-electron chi connectivity index (χ3n) is 2.73. The van der Waals surface area contributed by atoms with E-state index in [9.17, 15) is 4.39 Å². The second-order valence-electron chi connectivity index (χ2n) is 3.84. The van der Waals surface area contributed by atoms with Gasteiger partial charge in [0.2, 0.25) is 6.54 Å². The molecule has 84 valence electrons. The van der Waals surface area contributed by atoms with Gasteiger partial charge in [0.05, 0.1) is 5.69 Å². The standard InChI is InChI=1S/C12H14FN3/c1-14-9-10-2-3-12(11(13)8-10)16-6-4-15-5-7-16/h2-3,8,15H,4-7,9H2. The number of nitrogens with zero attached hydrogens (tertiary/aromatic N) is 2. The van der Waals surface area contributed by atoms with E-state index in [2.05, 4.69) is 10.2 Å². The quantitative estimate of drug-likeness (QED) is 0.763. The van der Waals surface area contributed by atoms with Crippen LogP contribution in [0.1, 0.15) is 5.56 Å². The predicted octanol–water partition coefficient (Wildman–Crippen LogP) is 1.65. The van der Waals surface area contributed by atoms with Gasteiger partial charge in [0.1, 0.15) is 5.82 Å². The van der Waals surface area contributed by atoms with Crippen molar-refractivity contribution in [1.29, 1.82) is 0 Å². The van der Waals surface area contributed by atoms with Gasteiger partial charge in [0, 0.05) is 31.7 Å². The van der Waals surface area contributed by atoms with Gasteiger partial charge in [-0.05, 0) is 18.2 Å². The minimum Gasteiger partial charge on any atom is -0.367 e. The predicted molar refractivity (Wildman–Crippen MR) is 61.8 cm³/mol. The Morgan fingerprint density at radius 3 is 2.75 bits per heavy atom. The number of hydrogen-bond donors (Lipinski definition) is 1. The SMILES string of the molecule is [C-]#[N+]Cc1ccc(N2CCNCC2)c(F)c1. The molecule has 4 heteroatoms. The van der Waals surface area contributed by atoms with Crippen molar-refractivity contribution in [2.75, 3.05) is 31.1 Å². The minimum atomic E-state index is -0.219. The highest BCUT2D eigenvalue weighted by atomic mass is 19.1. The molecular formula is C12H14FN3. The first kappa shape index (κ1) is 10.9. The summed E-state index contributed by atoms with van der Waals surface area (Å²) in [5, 5.41) is 3.23. The van der Waals surface area contributed by atoms with E-state index in [0.717, 1.165) is 31.7 Å². The van der Waals surface area contributed by atoms with Crippen molar-refractivity contribution >= 4 is 5.69 Å². The van der Waals surface area contributed by atoms with Gasteiger partial charge < -0.3 is 15.1 Å².